The van der Waals surface area contributed by atoms with Crippen molar-refractivity contribution in [3.63, 3.8) is 0 Å². The summed E-state index contributed by atoms with van der Waals surface area (Å²) in [6.07, 6.45) is 0.898. The number of nitrogens with one attached hydrogen (secondary N) is 2. The number of rotatable bonds is 4. The highest BCUT2D eigenvalue weighted by Crippen LogP contribution is 2.47. The van der Waals surface area contributed by atoms with E-state index in [0.29, 0.717) is 29.2 Å². The van der Waals surface area contributed by atoms with Gasteiger partial charge in [0.25, 0.3) is 0 Å². The van der Waals surface area contributed by atoms with Gasteiger partial charge in [-0.25, -0.2) is 4.39 Å². The lowest BCUT2D eigenvalue weighted by Gasteiger charge is -2.16. The first-order valence-electron chi connectivity index (χ1n) is 7.14. The summed E-state index contributed by atoms with van der Waals surface area (Å²) in [5.74, 6) is -1.29. The van der Waals surface area contributed by atoms with Crippen molar-refractivity contribution in [1.82, 2.24) is 0 Å². The Morgan fingerprint density at radius 1 is 1.00 bits per heavy atom. The van der Waals surface area contributed by atoms with Gasteiger partial charge in [-0.1, -0.05) is 29.8 Å². The zero-order chi connectivity index (χ0) is 16.4. The Kier molecular flexibility index (Phi) is 4.05. The molecular formula is C17H14ClFN2O2. The number of amides is 2. The number of benzene rings is 2. The maximum Gasteiger partial charge on any atom is 0.240 e. The van der Waals surface area contributed by atoms with Crippen LogP contribution in [-0.2, 0) is 9.59 Å². The summed E-state index contributed by atoms with van der Waals surface area (Å²) >= 11 is 6.01. The van der Waals surface area contributed by atoms with Gasteiger partial charge in [0.2, 0.25) is 11.8 Å². The maximum atomic E-state index is 13.2. The number of hydrogen-bond acceptors (Lipinski definition) is 2. The van der Waals surface area contributed by atoms with Gasteiger partial charge in [0.15, 0.2) is 0 Å². The van der Waals surface area contributed by atoms with Crippen molar-refractivity contribution in [2.24, 2.45) is 5.41 Å². The Hall–Kier alpha value is -2.40. The third-order valence-corrected chi connectivity index (χ3v) is 4.15. The fourth-order valence-corrected chi connectivity index (χ4v) is 2.49. The molecule has 3 rings (SSSR count). The van der Waals surface area contributed by atoms with Crippen LogP contribution in [0.4, 0.5) is 15.8 Å². The molecule has 0 aliphatic heterocycles. The number of anilines is 2. The SMILES string of the molecule is O=C(Nc1cccc(F)c1)C1(C(=O)Nc2ccccc2Cl)CC1. The second-order valence-electron chi connectivity index (χ2n) is 5.48. The van der Waals surface area contributed by atoms with E-state index in [4.69, 9.17) is 11.6 Å². The number of hydrogen-bond donors (Lipinski definition) is 2. The molecule has 0 bridgehead atoms. The zero-order valence-corrected chi connectivity index (χ0v) is 12.9. The van der Waals surface area contributed by atoms with Crippen LogP contribution in [0.25, 0.3) is 0 Å². The maximum absolute atomic E-state index is 13.2. The molecule has 1 saturated carbocycles. The molecule has 0 spiro atoms. The van der Waals surface area contributed by atoms with E-state index in [1.807, 2.05) is 0 Å². The molecule has 2 N–H and O–H groups in total. The minimum atomic E-state index is -1.12. The molecule has 1 fully saturated rings. The quantitative estimate of drug-likeness (QED) is 0.836. The fourth-order valence-electron chi connectivity index (χ4n) is 2.30. The van der Waals surface area contributed by atoms with Gasteiger partial charge in [-0.2, -0.15) is 0 Å². The lowest BCUT2D eigenvalue weighted by molar-refractivity contribution is -0.131. The molecule has 2 aromatic rings. The topological polar surface area (TPSA) is 58.2 Å². The van der Waals surface area contributed by atoms with Gasteiger partial charge in [-0.3, -0.25) is 9.59 Å². The van der Waals surface area contributed by atoms with Gasteiger partial charge in [-0.05, 0) is 43.2 Å². The number of halogens is 2. The lowest BCUT2D eigenvalue weighted by Crippen LogP contribution is -2.35. The monoisotopic (exact) mass is 332 g/mol. The molecule has 118 valence electrons. The van der Waals surface area contributed by atoms with Crippen LogP contribution in [0.2, 0.25) is 5.02 Å². The molecule has 2 amide bonds. The highest BCUT2D eigenvalue weighted by molar-refractivity contribution is 6.34. The molecule has 6 heteroatoms. The molecule has 2 aromatic carbocycles. The van der Waals surface area contributed by atoms with Gasteiger partial charge in [-0.15, -0.1) is 0 Å². The van der Waals surface area contributed by atoms with Crippen LogP contribution in [0.3, 0.4) is 0 Å². The van der Waals surface area contributed by atoms with E-state index < -0.39 is 23.0 Å². The van der Waals surface area contributed by atoms with Crippen molar-refractivity contribution >= 4 is 34.8 Å². The zero-order valence-electron chi connectivity index (χ0n) is 12.1. The molecule has 0 radical (unpaired) electrons. The lowest BCUT2D eigenvalue weighted by atomic mass is 10.0. The second-order valence-corrected chi connectivity index (χ2v) is 5.89. The molecule has 4 nitrogen and oxygen atoms in total. The summed E-state index contributed by atoms with van der Waals surface area (Å²) in [6, 6.07) is 12.4. The molecule has 0 aromatic heterocycles. The average Bonchev–Trinajstić information content (AvgIpc) is 3.31. The van der Waals surface area contributed by atoms with Crippen LogP contribution >= 0.6 is 11.6 Å². The van der Waals surface area contributed by atoms with Crippen molar-refractivity contribution in [3.8, 4) is 0 Å². The smallest absolute Gasteiger partial charge is 0.240 e. The van der Waals surface area contributed by atoms with Crippen molar-refractivity contribution in [3.05, 3.63) is 59.4 Å². The third kappa shape index (κ3) is 3.19. The summed E-state index contributed by atoms with van der Waals surface area (Å²) in [5, 5.41) is 5.68. The number of para-hydroxylation sites is 1. The molecule has 1 aliphatic rings. The third-order valence-electron chi connectivity index (χ3n) is 3.82. The number of carbonyl (C=O) groups is 2. The minimum absolute atomic E-state index is 0.326. The van der Waals surface area contributed by atoms with Gasteiger partial charge in [0.1, 0.15) is 11.2 Å². The van der Waals surface area contributed by atoms with Gasteiger partial charge >= 0.3 is 0 Å². The highest BCUT2D eigenvalue weighted by Gasteiger charge is 2.56. The van der Waals surface area contributed by atoms with E-state index in [2.05, 4.69) is 10.6 Å². The highest BCUT2D eigenvalue weighted by atomic mass is 35.5. The van der Waals surface area contributed by atoms with Gasteiger partial charge in [0, 0.05) is 5.69 Å². The molecular weight excluding hydrogens is 319 g/mol. The summed E-state index contributed by atoms with van der Waals surface area (Å²) < 4.78 is 13.2. The molecule has 0 heterocycles. The van der Waals surface area contributed by atoms with Crippen molar-refractivity contribution < 1.29 is 14.0 Å². The van der Waals surface area contributed by atoms with E-state index >= 15 is 0 Å². The summed E-state index contributed by atoms with van der Waals surface area (Å²) in [4.78, 5) is 24.8. The minimum Gasteiger partial charge on any atom is -0.325 e. The van der Waals surface area contributed by atoms with E-state index in [0.717, 1.165) is 0 Å². The Balaban J connectivity index is 1.72. The standard InChI is InChI=1S/C17H14ClFN2O2/c18-13-6-1-2-7-14(13)21-16(23)17(8-9-17)15(22)20-12-5-3-4-11(19)10-12/h1-7,10H,8-9H2,(H,20,22)(H,21,23). The molecule has 0 unspecified atom stereocenters. The van der Waals surface area contributed by atoms with E-state index in [1.165, 1.54) is 18.2 Å². The molecule has 0 atom stereocenters. The van der Waals surface area contributed by atoms with Crippen molar-refractivity contribution in [2.45, 2.75) is 12.8 Å². The first-order chi connectivity index (χ1) is 11.0. The van der Waals surface area contributed by atoms with Crippen molar-refractivity contribution in [1.29, 1.82) is 0 Å². The van der Waals surface area contributed by atoms with Crippen LogP contribution in [0, 0.1) is 11.2 Å². The fraction of sp³-hybridized carbons (Fsp3) is 0.176. The Morgan fingerprint density at radius 2 is 1.70 bits per heavy atom. The first-order valence-corrected chi connectivity index (χ1v) is 7.52. The van der Waals surface area contributed by atoms with Gasteiger partial charge < -0.3 is 10.6 Å². The van der Waals surface area contributed by atoms with E-state index in [-0.39, 0.29) is 0 Å². The van der Waals surface area contributed by atoms with E-state index in [1.54, 1.807) is 30.3 Å². The Bertz CT molecular complexity index is 775. The summed E-state index contributed by atoms with van der Waals surface area (Å²) in [5.41, 5.74) is -0.332. The molecule has 23 heavy (non-hydrogen) atoms. The van der Waals surface area contributed by atoms with Crippen LogP contribution in [0.15, 0.2) is 48.5 Å². The van der Waals surface area contributed by atoms with Crippen LogP contribution in [0.5, 0.6) is 0 Å². The van der Waals surface area contributed by atoms with Crippen LogP contribution < -0.4 is 10.6 Å². The Morgan fingerprint density at radius 3 is 2.35 bits per heavy atom. The van der Waals surface area contributed by atoms with Crippen molar-refractivity contribution in [2.75, 3.05) is 10.6 Å². The predicted octanol–water partition coefficient (Wildman–Crippen LogP) is 3.84. The van der Waals surface area contributed by atoms with E-state index in [9.17, 15) is 14.0 Å². The first kappa shape index (κ1) is 15.5. The molecule has 1 aliphatic carbocycles. The van der Waals surface area contributed by atoms with Crippen LogP contribution in [-0.4, -0.2) is 11.8 Å². The summed E-state index contributed by atoms with van der Waals surface area (Å²) in [7, 11) is 0. The summed E-state index contributed by atoms with van der Waals surface area (Å²) in [6.45, 7) is 0. The van der Waals surface area contributed by atoms with Gasteiger partial charge in [0.05, 0.1) is 10.7 Å². The normalized spacial score (nSPS) is 14.9. The number of carbonyl (C=O) groups excluding carboxylic acids is 2. The Labute approximate surface area is 137 Å². The van der Waals surface area contributed by atoms with Crippen LogP contribution in [0.1, 0.15) is 12.8 Å². The molecule has 0 saturated heterocycles. The largest absolute Gasteiger partial charge is 0.325 e. The average molecular weight is 333 g/mol. The second kappa shape index (κ2) is 6.01. The predicted molar refractivity (Wildman–Crippen MR) is 86.8 cm³/mol.